The van der Waals surface area contributed by atoms with E-state index in [4.69, 9.17) is 0 Å². The highest BCUT2D eigenvalue weighted by atomic mass is 16.2. The molecule has 26 heavy (non-hydrogen) atoms. The van der Waals surface area contributed by atoms with Crippen molar-refractivity contribution in [2.45, 2.75) is 40.2 Å². The van der Waals surface area contributed by atoms with Gasteiger partial charge in [-0.2, -0.15) is 0 Å². The summed E-state index contributed by atoms with van der Waals surface area (Å²) in [6, 6.07) is 6.42. The highest BCUT2D eigenvalue weighted by Crippen LogP contribution is 2.19. The Morgan fingerprint density at radius 1 is 1.04 bits per heavy atom. The van der Waals surface area contributed by atoms with Gasteiger partial charge in [0.25, 0.3) is 0 Å². The van der Waals surface area contributed by atoms with Crippen molar-refractivity contribution in [3.63, 3.8) is 0 Å². The predicted octanol–water partition coefficient (Wildman–Crippen LogP) is 2.49. The quantitative estimate of drug-likeness (QED) is 0.846. The molecule has 1 aromatic heterocycles. The second kappa shape index (κ2) is 7.48. The number of rotatable bonds is 4. The molecule has 0 N–H and O–H groups in total. The summed E-state index contributed by atoms with van der Waals surface area (Å²) in [6.45, 7) is 10.6. The van der Waals surface area contributed by atoms with Gasteiger partial charge in [-0.15, -0.1) is 0 Å². The number of hydrogen-bond acceptors (Lipinski definition) is 3. The molecule has 2 amide bonds. The van der Waals surface area contributed by atoms with Gasteiger partial charge in [0, 0.05) is 38.1 Å². The smallest absolute Gasteiger partial charge is 0.227 e. The van der Waals surface area contributed by atoms with E-state index in [1.165, 1.54) is 0 Å². The van der Waals surface area contributed by atoms with Crippen molar-refractivity contribution in [1.82, 2.24) is 19.4 Å². The summed E-state index contributed by atoms with van der Waals surface area (Å²) < 4.78 is 2.13. The number of fused-ring (bicyclic) bond motifs is 1. The van der Waals surface area contributed by atoms with Crippen LogP contribution >= 0.6 is 0 Å². The Kier molecular flexibility index (Phi) is 5.30. The molecule has 1 aromatic carbocycles. The van der Waals surface area contributed by atoms with Gasteiger partial charge in [-0.1, -0.05) is 19.9 Å². The highest BCUT2D eigenvalue weighted by Gasteiger charge is 2.25. The molecule has 2 heterocycles. The van der Waals surface area contributed by atoms with Gasteiger partial charge in [-0.05, 0) is 31.5 Å². The molecule has 0 unspecified atom stereocenters. The summed E-state index contributed by atoms with van der Waals surface area (Å²) in [5, 5.41) is 0. The van der Waals surface area contributed by atoms with Gasteiger partial charge in [-0.3, -0.25) is 9.59 Å². The maximum atomic E-state index is 12.6. The molecule has 1 fully saturated rings. The number of piperazine rings is 1. The van der Waals surface area contributed by atoms with Gasteiger partial charge in [-0.25, -0.2) is 4.98 Å². The van der Waals surface area contributed by atoms with Crippen molar-refractivity contribution in [3.8, 4) is 0 Å². The standard InChI is InChI=1S/C20H28N4O2/c1-14(2)20(26)23-9-7-22(8-10-23)19(25)12-16-5-6-18-17(11-16)21-13-24(18)15(3)4/h5-6,11,13-15H,7-10,12H2,1-4H3. The molecular formula is C20H28N4O2. The van der Waals surface area contributed by atoms with Crippen LogP contribution in [0.3, 0.4) is 0 Å². The van der Waals surface area contributed by atoms with Crippen LogP contribution in [0.15, 0.2) is 24.5 Å². The van der Waals surface area contributed by atoms with Crippen LogP contribution in [0.2, 0.25) is 0 Å². The number of amides is 2. The summed E-state index contributed by atoms with van der Waals surface area (Å²) in [5.74, 6) is 0.294. The zero-order valence-corrected chi connectivity index (χ0v) is 16.1. The Balaban J connectivity index is 1.62. The zero-order chi connectivity index (χ0) is 18.8. The first-order chi connectivity index (χ1) is 12.4. The Labute approximate surface area is 154 Å². The molecule has 6 heteroatoms. The van der Waals surface area contributed by atoms with E-state index in [0.29, 0.717) is 38.6 Å². The number of carbonyl (C=O) groups is 2. The molecule has 3 rings (SSSR count). The van der Waals surface area contributed by atoms with E-state index in [2.05, 4.69) is 23.4 Å². The average Bonchev–Trinajstić information content (AvgIpc) is 3.04. The second-order valence-electron chi connectivity index (χ2n) is 7.61. The fourth-order valence-corrected chi connectivity index (χ4v) is 3.43. The first-order valence-corrected chi connectivity index (χ1v) is 9.39. The second-order valence-corrected chi connectivity index (χ2v) is 7.61. The molecule has 140 valence electrons. The third-order valence-electron chi connectivity index (χ3n) is 4.99. The molecule has 2 aromatic rings. The number of imidazole rings is 1. The summed E-state index contributed by atoms with van der Waals surface area (Å²) in [7, 11) is 0. The lowest BCUT2D eigenvalue weighted by Crippen LogP contribution is -2.51. The summed E-state index contributed by atoms with van der Waals surface area (Å²) in [6.07, 6.45) is 2.23. The number of benzene rings is 1. The first kappa shape index (κ1) is 18.4. The van der Waals surface area contributed by atoms with Crippen molar-refractivity contribution in [3.05, 3.63) is 30.1 Å². The van der Waals surface area contributed by atoms with Crippen LogP contribution in [-0.4, -0.2) is 57.3 Å². The minimum atomic E-state index is 0.00891. The van der Waals surface area contributed by atoms with E-state index < -0.39 is 0 Å². The van der Waals surface area contributed by atoms with Crippen molar-refractivity contribution in [2.24, 2.45) is 5.92 Å². The SMILES string of the molecule is CC(C)C(=O)N1CCN(C(=O)Cc2ccc3c(c2)ncn3C(C)C)CC1. The third kappa shape index (κ3) is 3.74. The largest absolute Gasteiger partial charge is 0.339 e. The van der Waals surface area contributed by atoms with Crippen molar-refractivity contribution in [2.75, 3.05) is 26.2 Å². The van der Waals surface area contributed by atoms with Gasteiger partial charge in [0.1, 0.15) is 0 Å². The molecule has 6 nitrogen and oxygen atoms in total. The lowest BCUT2D eigenvalue weighted by molar-refractivity contribution is -0.141. The van der Waals surface area contributed by atoms with Gasteiger partial charge in [0.2, 0.25) is 11.8 Å². The van der Waals surface area contributed by atoms with Crippen LogP contribution in [-0.2, 0) is 16.0 Å². The first-order valence-electron chi connectivity index (χ1n) is 9.39. The average molecular weight is 356 g/mol. The van der Waals surface area contributed by atoms with E-state index in [0.717, 1.165) is 16.6 Å². The Bertz CT molecular complexity index is 801. The van der Waals surface area contributed by atoms with Crippen molar-refractivity contribution < 1.29 is 9.59 Å². The van der Waals surface area contributed by atoms with Crippen LogP contribution in [0.5, 0.6) is 0 Å². The van der Waals surface area contributed by atoms with Crippen LogP contribution < -0.4 is 0 Å². The van der Waals surface area contributed by atoms with Gasteiger partial charge in [0.05, 0.1) is 23.8 Å². The van der Waals surface area contributed by atoms with Crippen LogP contribution in [0.4, 0.5) is 0 Å². The Morgan fingerprint density at radius 3 is 2.31 bits per heavy atom. The number of hydrogen-bond donors (Lipinski definition) is 0. The van der Waals surface area contributed by atoms with Gasteiger partial charge < -0.3 is 14.4 Å². The fourth-order valence-electron chi connectivity index (χ4n) is 3.43. The lowest BCUT2D eigenvalue weighted by atomic mass is 10.1. The van der Waals surface area contributed by atoms with Crippen LogP contribution in [0.1, 0.15) is 39.3 Å². The maximum absolute atomic E-state index is 12.6. The van der Waals surface area contributed by atoms with E-state index in [-0.39, 0.29) is 17.7 Å². The molecular weight excluding hydrogens is 328 g/mol. The van der Waals surface area contributed by atoms with Crippen molar-refractivity contribution >= 4 is 22.8 Å². The Hall–Kier alpha value is -2.37. The molecule has 0 spiro atoms. The monoisotopic (exact) mass is 356 g/mol. The van der Waals surface area contributed by atoms with E-state index in [1.54, 1.807) is 0 Å². The zero-order valence-electron chi connectivity index (χ0n) is 16.1. The molecule has 1 aliphatic rings. The summed E-state index contributed by atoms with van der Waals surface area (Å²) in [4.78, 5) is 32.9. The summed E-state index contributed by atoms with van der Waals surface area (Å²) in [5.41, 5.74) is 3.01. The third-order valence-corrected chi connectivity index (χ3v) is 4.99. The number of carbonyl (C=O) groups excluding carboxylic acids is 2. The lowest BCUT2D eigenvalue weighted by Gasteiger charge is -2.35. The number of nitrogens with zero attached hydrogens (tertiary/aromatic N) is 4. The molecule has 0 bridgehead atoms. The van der Waals surface area contributed by atoms with E-state index >= 15 is 0 Å². The minimum absolute atomic E-state index is 0.00891. The number of aromatic nitrogens is 2. The van der Waals surface area contributed by atoms with Crippen molar-refractivity contribution in [1.29, 1.82) is 0 Å². The Morgan fingerprint density at radius 2 is 1.69 bits per heavy atom. The highest BCUT2D eigenvalue weighted by molar-refractivity contribution is 5.82. The maximum Gasteiger partial charge on any atom is 0.227 e. The van der Waals surface area contributed by atoms with Gasteiger partial charge in [0.15, 0.2) is 0 Å². The van der Waals surface area contributed by atoms with Crippen LogP contribution in [0.25, 0.3) is 11.0 Å². The molecule has 1 aliphatic heterocycles. The fraction of sp³-hybridized carbons (Fsp3) is 0.550. The summed E-state index contributed by atoms with van der Waals surface area (Å²) >= 11 is 0. The molecule has 0 saturated carbocycles. The van der Waals surface area contributed by atoms with E-state index in [9.17, 15) is 9.59 Å². The minimum Gasteiger partial charge on any atom is -0.339 e. The normalized spacial score (nSPS) is 15.3. The molecule has 0 atom stereocenters. The topological polar surface area (TPSA) is 58.4 Å². The predicted molar refractivity (Wildman–Crippen MR) is 102 cm³/mol. The van der Waals surface area contributed by atoms with Crippen LogP contribution in [0, 0.1) is 5.92 Å². The van der Waals surface area contributed by atoms with E-state index in [1.807, 2.05) is 48.2 Å². The van der Waals surface area contributed by atoms with Gasteiger partial charge >= 0.3 is 0 Å². The molecule has 0 aliphatic carbocycles. The molecule has 1 saturated heterocycles. The molecule has 0 radical (unpaired) electrons.